The highest BCUT2D eigenvalue weighted by Gasteiger charge is 2.20. The van der Waals surface area contributed by atoms with Crippen molar-refractivity contribution in [1.82, 2.24) is 0 Å². The molecule has 0 bridgehead atoms. The van der Waals surface area contributed by atoms with Gasteiger partial charge in [-0.1, -0.05) is 24.3 Å². The molecule has 2 N–H and O–H groups in total. The van der Waals surface area contributed by atoms with Crippen molar-refractivity contribution in [2.45, 2.75) is 25.7 Å². The molecule has 0 saturated carbocycles. The molecule has 1 aromatic carbocycles. The van der Waals surface area contributed by atoms with Crippen LogP contribution in [0.1, 0.15) is 30.4 Å². The molecule has 0 amide bonds. The number of aliphatic hydroxyl groups is 1. The van der Waals surface area contributed by atoms with Crippen LogP contribution >= 0.6 is 0 Å². The van der Waals surface area contributed by atoms with E-state index in [4.69, 9.17) is 15.0 Å². The summed E-state index contributed by atoms with van der Waals surface area (Å²) in [5, 5.41) is 16.4. The van der Waals surface area contributed by atoms with Crippen LogP contribution in [0.4, 0.5) is 0 Å². The van der Waals surface area contributed by atoms with Crippen LogP contribution in [0.2, 0.25) is 0 Å². The number of carbonyl (C=O) groups is 1. The Morgan fingerprint density at radius 2 is 2.07 bits per heavy atom. The van der Waals surface area contributed by atoms with Gasteiger partial charge >= 0.3 is 0 Å². The van der Waals surface area contributed by atoms with Gasteiger partial charge < -0.3 is 10.2 Å². The Balaban J connectivity index is 0.000000245. The molecule has 0 heterocycles. The van der Waals surface area contributed by atoms with Gasteiger partial charge in [-0.3, -0.25) is 4.79 Å². The van der Waals surface area contributed by atoms with Crippen molar-refractivity contribution in [2.24, 2.45) is 0 Å². The first-order valence-electron chi connectivity index (χ1n) is 5.03. The lowest BCUT2D eigenvalue weighted by molar-refractivity contribution is -0.134. The van der Waals surface area contributed by atoms with Gasteiger partial charge in [0, 0.05) is 19.4 Å². The number of aryl methyl sites for hydroxylation is 1. The lowest BCUT2D eigenvalue weighted by atomic mass is 10.0. The summed E-state index contributed by atoms with van der Waals surface area (Å²) >= 11 is 0. The summed E-state index contributed by atoms with van der Waals surface area (Å²) in [7, 11) is 0. The topological polar surface area (TPSA) is 57.5 Å². The van der Waals surface area contributed by atoms with Gasteiger partial charge in [-0.05, 0) is 24.0 Å². The Kier molecular flexibility index (Phi) is 4.31. The highest BCUT2D eigenvalue weighted by atomic mass is 16.4. The van der Waals surface area contributed by atoms with Crippen molar-refractivity contribution in [3.8, 4) is 0 Å². The average molecular weight is 208 g/mol. The molecule has 3 heteroatoms. The predicted octanol–water partition coefficient (Wildman–Crippen LogP) is 1.80. The summed E-state index contributed by atoms with van der Waals surface area (Å²) in [4.78, 5) is 9.00. The van der Waals surface area contributed by atoms with Gasteiger partial charge in [-0.15, -0.1) is 0 Å². The van der Waals surface area contributed by atoms with E-state index in [0.29, 0.717) is 12.5 Å². The molecule has 82 valence electrons. The molecule has 0 unspecified atom stereocenters. The molecule has 15 heavy (non-hydrogen) atoms. The monoisotopic (exact) mass is 208 g/mol. The van der Waals surface area contributed by atoms with E-state index in [1.807, 2.05) is 6.07 Å². The molecule has 1 atom stereocenters. The summed E-state index contributed by atoms with van der Waals surface area (Å²) in [5.74, 6) is -0.425. The van der Waals surface area contributed by atoms with Crippen LogP contribution in [-0.2, 0) is 11.2 Å². The second kappa shape index (κ2) is 5.51. The zero-order valence-corrected chi connectivity index (χ0v) is 8.81. The summed E-state index contributed by atoms with van der Waals surface area (Å²) in [5.41, 5.74) is 2.78. The lowest BCUT2D eigenvalue weighted by Gasteiger charge is -2.05. The largest absolute Gasteiger partial charge is 0.481 e. The molecule has 0 aliphatic heterocycles. The van der Waals surface area contributed by atoms with Crippen molar-refractivity contribution in [3.63, 3.8) is 0 Å². The van der Waals surface area contributed by atoms with Crippen LogP contribution in [-0.4, -0.2) is 22.8 Å². The van der Waals surface area contributed by atoms with E-state index in [0.717, 1.165) is 19.8 Å². The molecule has 0 aromatic heterocycles. The van der Waals surface area contributed by atoms with Crippen molar-refractivity contribution >= 4 is 5.97 Å². The van der Waals surface area contributed by atoms with E-state index in [2.05, 4.69) is 18.2 Å². The quantitative estimate of drug-likeness (QED) is 0.739. The number of fused-ring (bicyclic) bond motifs is 1. The number of hydrogen-bond acceptors (Lipinski definition) is 2. The fourth-order valence-electron chi connectivity index (χ4n) is 1.84. The smallest absolute Gasteiger partial charge is 0.300 e. The fraction of sp³-hybridized carbons (Fsp3) is 0.417. The third kappa shape index (κ3) is 3.36. The van der Waals surface area contributed by atoms with E-state index in [1.165, 1.54) is 11.1 Å². The zero-order valence-electron chi connectivity index (χ0n) is 8.81. The van der Waals surface area contributed by atoms with Crippen molar-refractivity contribution in [1.29, 1.82) is 0 Å². The van der Waals surface area contributed by atoms with Crippen LogP contribution in [0.25, 0.3) is 0 Å². The molecular weight excluding hydrogens is 192 g/mol. The summed E-state index contributed by atoms with van der Waals surface area (Å²) < 4.78 is 0. The van der Waals surface area contributed by atoms with Gasteiger partial charge in [0.05, 0.1) is 0 Å². The molecule has 2 rings (SSSR count). The highest BCUT2D eigenvalue weighted by Crippen LogP contribution is 2.31. The van der Waals surface area contributed by atoms with Crippen molar-refractivity contribution in [3.05, 3.63) is 35.4 Å². The Hall–Kier alpha value is -1.35. The standard InChI is InChI=1S/C10H12O.C2H4O2/c11-7-9-6-5-8-3-1-2-4-10(8)9;1-2(3)4/h1-4,9,11H,5-7H2;1H3,(H,3,4)/t9-;/m1./s1. The normalized spacial score (nSPS) is 17.6. The molecule has 0 spiro atoms. The molecule has 1 aliphatic carbocycles. The number of hydrogen-bond donors (Lipinski definition) is 2. The molecule has 0 fully saturated rings. The summed E-state index contributed by atoms with van der Waals surface area (Å²) in [6.45, 7) is 1.39. The third-order valence-electron chi connectivity index (χ3n) is 2.48. The highest BCUT2D eigenvalue weighted by molar-refractivity contribution is 5.62. The second-order valence-electron chi connectivity index (χ2n) is 3.64. The van der Waals surface area contributed by atoms with E-state index < -0.39 is 5.97 Å². The van der Waals surface area contributed by atoms with Crippen LogP contribution in [0, 0.1) is 0 Å². The Bertz CT molecular complexity index is 329. The molecular formula is C12H16O3. The van der Waals surface area contributed by atoms with E-state index in [9.17, 15) is 0 Å². The predicted molar refractivity (Wildman–Crippen MR) is 57.9 cm³/mol. The van der Waals surface area contributed by atoms with Gasteiger partial charge in [0.1, 0.15) is 0 Å². The second-order valence-corrected chi connectivity index (χ2v) is 3.64. The Labute approximate surface area is 89.4 Å². The zero-order chi connectivity index (χ0) is 11.3. The number of aliphatic hydroxyl groups excluding tert-OH is 1. The number of rotatable bonds is 1. The third-order valence-corrected chi connectivity index (χ3v) is 2.48. The van der Waals surface area contributed by atoms with Crippen LogP contribution in [0.5, 0.6) is 0 Å². The summed E-state index contributed by atoms with van der Waals surface area (Å²) in [6.07, 6.45) is 2.26. The average Bonchev–Trinajstić information content (AvgIpc) is 2.59. The van der Waals surface area contributed by atoms with Gasteiger partial charge in [-0.2, -0.15) is 0 Å². The molecule has 0 radical (unpaired) electrons. The number of carboxylic acids is 1. The van der Waals surface area contributed by atoms with E-state index >= 15 is 0 Å². The minimum absolute atomic E-state index is 0.303. The van der Waals surface area contributed by atoms with Gasteiger partial charge in [-0.25, -0.2) is 0 Å². The van der Waals surface area contributed by atoms with Gasteiger partial charge in [0.2, 0.25) is 0 Å². The molecule has 3 nitrogen and oxygen atoms in total. The molecule has 1 aromatic rings. The fourth-order valence-corrected chi connectivity index (χ4v) is 1.84. The maximum atomic E-state index is 9.01. The van der Waals surface area contributed by atoms with Crippen LogP contribution < -0.4 is 0 Å². The van der Waals surface area contributed by atoms with Crippen LogP contribution in [0.3, 0.4) is 0 Å². The minimum atomic E-state index is -0.833. The van der Waals surface area contributed by atoms with E-state index in [1.54, 1.807) is 0 Å². The SMILES string of the molecule is CC(=O)O.OC[C@H]1CCc2ccccc21. The molecule has 1 aliphatic rings. The van der Waals surface area contributed by atoms with E-state index in [-0.39, 0.29) is 0 Å². The Morgan fingerprint density at radius 3 is 2.67 bits per heavy atom. The molecule has 0 saturated heterocycles. The van der Waals surface area contributed by atoms with Gasteiger partial charge in [0.25, 0.3) is 5.97 Å². The maximum absolute atomic E-state index is 9.01. The number of benzene rings is 1. The number of carboxylic acid groups (broad SMARTS) is 1. The first kappa shape index (κ1) is 11.7. The lowest BCUT2D eigenvalue weighted by Crippen LogP contribution is -1.97. The number of aliphatic carboxylic acids is 1. The van der Waals surface area contributed by atoms with Crippen molar-refractivity contribution in [2.75, 3.05) is 6.61 Å². The first-order chi connectivity index (χ1) is 7.15. The minimum Gasteiger partial charge on any atom is -0.481 e. The maximum Gasteiger partial charge on any atom is 0.300 e. The van der Waals surface area contributed by atoms with Crippen molar-refractivity contribution < 1.29 is 15.0 Å². The Morgan fingerprint density at radius 1 is 1.47 bits per heavy atom. The summed E-state index contributed by atoms with van der Waals surface area (Å²) in [6, 6.07) is 8.40. The van der Waals surface area contributed by atoms with Gasteiger partial charge in [0.15, 0.2) is 0 Å². The van der Waals surface area contributed by atoms with Crippen LogP contribution in [0.15, 0.2) is 24.3 Å². The first-order valence-corrected chi connectivity index (χ1v) is 5.03.